The van der Waals surface area contributed by atoms with Crippen molar-refractivity contribution in [3.05, 3.63) is 82.6 Å². The lowest BCUT2D eigenvalue weighted by Crippen LogP contribution is -2.81. The Morgan fingerprint density at radius 2 is 1.77 bits per heavy atom. The van der Waals surface area contributed by atoms with Crippen LogP contribution in [0.25, 0.3) is 10.9 Å². The van der Waals surface area contributed by atoms with Crippen molar-refractivity contribution in [2.75, 3.05) is 59.5 Å². The maximum Gasteiger partial charge on any atom is 0.344 e. The molecule has 6 heterocycles. The molecule has 57 heavy (non-hydrogen) atoms. The Labute approximate surface area is 333 Å². The largest absolute Gasteiger partial charge is 0.496 e. The van der Waals surface area contributed by atoms with Crippen LogP contribution < -0.4 is 9.64 Å². The first-order valence-corrected chi connectivity index (χ1v) is 20.3. The molecule has 1 aliphatic carbocycles. The summed E-state index contributed by atoms with van der Waals surface area (Å²) < 4.78 is 23.9. The average Bonchev–Trinajstić information content (AvgIpc) is 3.87. The van der Waals surface area contributed by atoms with Crippen molar-refractivity contribution in [1.82, 2.24) is 14.8 Å². The molecule has 2 aromatic carbocycles. The van der Waals surface area contributed by atoms with Crippen LogP contribution in [0.4, 0.5) is 5.69 Å². The van der Waals surface area contributed by atoms with Crippen molar-refractivity contribution in [2.24, 2.45) is 11.3 Å². The molecule has 12 nitrogen and oxygen atoms in total. The highest BCUT2D eigenvalue weighted by Gasteiger charge is 2.80. The maximum absolute atomic E-state index is 15.2. The number of rotatable bonds is 7. The lowest BCUT2D eigenvalue weighted by Gasteiger charge is -2.63. The summed E-state index contributed by atoms with van der Waals surface area (Å²) >= 11 is 0. The lowest BCUT2D eigenvalue weighted by molar-refractivity contribution is -0.228. The molecule has 2 fully saturated rings. The molecule has 3 aromatic rings. The molecule has 2 N–H and O–H groups in total. The summed E-state index contributed by atoms with van der Waals surface area (Å²) in [5.74, 6) is -1.31. The molecule has 0 radical (unpaired) electrons. The molecular weight excluding hydrogens is 725 g/mol. The Morgan fingerprint density at radius 3 is 2.47 bits per heavy atom. The lowest BCUT2D eigenvalue weighted by atomic mass is 9.47. The first-order chi connectivity index (χ1) is 27.4. The Morgan fingerprint density at radius 1 is 1.00 bits per heavy atom. The smallest absolute Gasteiger partial charge is 0.344 e. The van der Waals surface area contributed by atoms with Crippen LogP contribution in [0.2, 0.25) is 0 Å². The van der Waals surface area contributed by atoms with Gasteiger partial charge in [-0.2, -0.15) is 0 Å². The van der Waals surface area contributed by atoms with Gasteiger partial charge in [-0.15, -0.1) is 0 Å². The average molecular weight is 779 g/mol. The predicted octanol–water partition coefficient (Wildman–Crippen LogP) is 4.75. The first kappa shape index (κ1) is 37.9. The Bertz CT molecular complexity index is 2250. The zero-order valence-corrected chi connectivity index (χ0v) is 34.0. The molecule has 0 unspecified atom stereocenters. The molecule has 5 aliphatic heterocycles. The number of likely N-dealkylation sites (N-methyl/N-ethyl adjacent to an activating group) is 1. The van der Waals surface area contributed by atoms with E-state index in [1.165, 1.54) is 26.7 Å². The molecule has 302 valence electrons. The van der Waals surface area contributed by atoms with Gasteiger partial charge in [-0.05, 0) is 61.4 Å². The topological polar surface area (TPSA) is 134 Å². The highest BCUT2D eigenvalue weighted by atomic mass is 16.6. The van der Waals surface area contributed by atoms with Crippen molar-refractivity contribution in [2.45, 2.75) is 87.6 Å². The normalized spacial score (nSPS) is 34.9. The summed E-state index contributed by atoms with van der Waals surface area (Å²) in [6.45, 7) is 9.19. The minimum absolute atomic E-state index is 0.0284. The van der Waals surface area contributed by atoms with Gasteiger partial charge in [0.1, 0.15) is 11.2 Å². The van der Waals surface area contributed by atoms with Gasteiger partial charge < -0.3 is 33.9 Å². The highest BCUT2D eigenvalue weighted by Crippen LogP contribution is 2.68. The monoisotopic (exact) mass is 778 g/mol. The minimum Gasteiger partial charge on any atom is -0.496 e. The molecule has 6 aliphatic rings. The Balaban J connectivity index is 1.37. The number of nitrogens with zero attached hydrogens (tertiary/aromatic N) is 3. The predicted molar refractivity (Wildman–Crippen MR) is 214 cm³/mol. The van der Waals surface area contributed by atoms with E-state index >= 15 is 4.79 Å². The second kappa shape index (κ2) is 13.2. The number of anilines is 1. The Hall–Kier alpha value is -4.65. The van der Waals surface area contributed by atoms with E-state index in [1.54, 1.807) is 7.11 Å². The number of hydrogen-bond acceptors (Lipinski definition) is 11. The summed E-state index contributed by atoms with van der Waals surface area (Å²) in [5, 5.41) is 14.4. The number of hydrogen-bond donors (Lipinski definition) is 2. The van der Waals surface area contributed by atoms with Crippen molar-refractivity contribution < 1.29 is 38.4 Å². The molecule has 9 atom stereocenters. The second-order valence-electron chi connectivity index (χ2n) is 17.2. The molecule has 1 saturated heterocycles. The molecule has 1 aromatic heterocycles. The zero-order chi connectivity index (χ0) is 40.2. The molecule has 2 bridgehead atoms. The summed E-state index contributed by atoms with van der Waals surface area (Å²) in [4.78, 5) is 53.1. The number of carbonyl (C=O) groups excluding carboxylic acids is 3. The molecule has 12 heteroatoms. The van der Waals surface area contributed by atoms with E-state index in [1.807, 2.05) is 37.1 Å². The molecular formula is C45H54N4O8. The third kappa shape index (κ3) is 4.80. The van der Waals surface area contributed by atoms with Gasteiger partial charge in [0.05, 0.1) is 27.4 Å². The van der Waals surface area contributed by atoms with Gasteiger partial charge >= 0.3 is 17.9 Å². The number of esters is 3. The third-order valence-electron chi connectivity index (χ3n) is 14.8. The standard InChI is InChI=1S/C45H54N4O8/c1-8-27-19-28-22-44(40(51)55-6,36-30(25-48(23-27)24-28)29-13-10-11-14-33(29)46-36)32-20-31-34(21-35(32)54-5)47(4)38-43(31)16-18-49-17-12-15-42(9-2,37(43)49)39(57-26(3)50)45(38,53)41(52)56-7/h10-15,19-21,28,37-39,46,53H,8-9,16-18,22-25H2,1-7H3/t28-,37+,38+,39+,42-,43+,44-,45-/m0/s1. The van der Waals surface area contributed by atoms with Gasteiger partial charge in [0.15, 0.2) is 6.10 Å². The maximum atomic E-state index is 15.2. The highest BCUT2D eigenvalue weighted by molar-refractivity contribution is 5.95. The number of methoxy groups -OCH3 is 3. The molecule has 1 spiro atoms. The number of benzene rings is 2. The van der Waals surface area contributed by atoms with E-state index in [2.05, 4.69) is 58.1 Å². The molecule has 9 rings (SSSR count). The van der Waals surface area contributed by atoms with Gasteiger partial charge in [0, 0.05) is 90.9 Å². The number of aliphatic hydroxyl groups is 1. The number of para-hydroxylation sites is 1. The van der Waals surface area contributed by atoms with E-state index < -0.39 is 45.9 Å². The number of H-pyrrole nitrogens is 1. The summed E-state index contributed by atoms with van der Waals surface area (Å²) in [6.07, 6.45) is 7.67. The van der Waals surface area contributed by atoms with Gasteiger partial charge in [-0.25, -0.2) is 4.79 Å². The van der Waals surface area contributed by atoms with Crippen molar-refractivity contribution in [1.29, 1.82) is 0 Å². The van der Waals surface area contributed by atoms with Crippen molar-refractivity contribution in [3.8, 4) is 5.75 Å². The van der Waals surface area contributed by atoms with Gasteiger partial charge in [-0.1, -0.05) is 55.8 Å². The third-order valence-corrected chi connectivity index (χ3v) is 14.8. The summed E-state index contributed by atoms with van der Waals surface area (Å²) in [7, 11) is 6.22. The number of ether oxygens (including phenoxy) is 4. The molecule has 0 amide bonds. The van der Waals surface area contributed by atoms with E-state index in [9.17, 15) is 14.7 Å². The fourth-order valence-corrected chi connectivity index (χ4v) is 12.8. The summed E-state index contributed by atoms with van der Waals surface area (Å²) in [6, 6.07) is 11.2. The number of nitrogens with one attached hydrogen (secondary N) is 1. The number of aromatic amines is 1. The zero-order valence-electron chi connectivity index (χ0n) is 34.0. The Kier molecular flexibility index (Phi) is 8.77. The van der Waals surface area contributed by atoms with Gasteiger partial charge in [-0.3, -0.25) is 19.4 Å². The number of fused-ring (bicyclic) bond motifs is 6. The minimum atomic E-state index is -2.27. The van der Waals surface area contributed by atoms with E-state index in [0.29, 0.717) is 50.2 Å². The molecule has 1 saturated carbocycles. The van der Waals surface area contributed by atoms with Crippen LogP contribution >= 0.6 is 0 Å². The van der Waals surface area contributed by atoms with Crippen LogP contribution in [-0.2, 0) is 46.0 Å². The van der Waals surface area contributed by atoms with E-state index in [0.717, 1.165) is 52.9 Å². The first-order valence-electron chi connectivity index (χ1n) is 20.3. The van der Waals surface area contributed by atoms with Crippen LogP contribution in [0.1, 0.15) is 68.8 Å². The SMILES string of the molecule is CCC1=C[C@@H]2C[N@](C1)Cc1c([nH]c3ccccc13)[C@@](C(=O)OC)(c1cc3c(cc1OC)N(C)[C@H]1[C@@](O)(C(=O)OC)[C@H](OC(C)=O)[C@@]4(CC)C=CCN5CC[C@]31[C@H]54)C2. The van der Waals surface area contributed by atoms with Crippen molar-refractivity contribution in [3.63, 3.8) is 0 Å². The quantitative estimate of drug-likeness (QED) is 0.196. The van der Waals surface area contributed by atoms with Gasteiger partial charge in [0.25, 0.3) is 0 Å². The van der Waals surface area contributed by atoms with Crippen LogP contribution in [-0.4, -0.2) is 116 Å². The number of aromatic nitrogens is 1. The van der Waals surface area contributed by atoms with E-state index in [-0.39, 0.29) is 17.9 Å². The fourth-order valence-electron chi connectivity index (χ4n) is 12.8. The fraction of sp³-hybridized carbons (Fsp3) is 0.533. The summed E-state index contributed by atoms with van der Waals surface area (Å²) in [5.41, 5.74) is 1.05. The van der Waals surface area contributed by atoms with Crippen LogP contribution in [0.5, 0.6) is 5.75 Å². The van der Waals surface area contributed by atoms with Crippen molar-refractivity contribution >= 4 is 34.5 Å². The van der Waals surface area contributed by atoms with Crippen LogP contribution in [0.3, 0.4) is 0 Å². The van der Waals surface area contributed by atoms with Crippen LogP contribution in [0, 0.1) is 11.3 Å². The van der Waals surface area contributed by atoms with Gasteiger partial charge in [0.2, 0.25) is 5.60 Å². The van der Waals surface area contributed by atoms with E-state index in [4.69, 9.17) is 18.9 Å². The second-order valence-corrected chi connectivity index (χ2v) is 17.2. The van der Waals surface area contributed by atoms with Crippen LogP contribution in [0.15, 0.2) is 60.2 Å². The number of carbonyl (C=O) groups is 3.